The molecule has 0 bridgehead atoms. The van der Waals surface area contributed by atoms with E-state index < -0.39 is 23.8 Å². The number of amides is 4. The second kappa shape index (κ2) is 12.9. The van der Waals surface area contributed by atoms with Crippen LogP contribution < -0.4 is 20.7 Å². The summed E-state index contributed by atoms with van der Waals surface area (Å²) < 4.78 is 24.0. The number of furan rings is 1. The highest BCUT2D eigenvalue weighted by atomic mass is 19.1. The van der Waals surface area contributed by atoms with Crippen LogP contribution in [0.25, 0.3) is 0 Å². The molecule has 6 rings (SSSR count). The first-order valence-corrected chi connectivity index (χ1v) is 13.1. The number of carbonyl (C=O) groups excluding carboxylic acids is 3. The lowest BCUT2D eigenvalue weighted by Crippen LogP contribution is -2.39. The number of imide groups is 1. The van der Waals surface area contributed by atoms with Crippen molar-refractivity contribution in [1.29, 1.82) is 0 Å². The molecule has 1 unspecified atom stereocenters. The molecule has 214 valence electrons. The van der Waals surface area contributed by atoms with E-state index in [2.05, 4.69) is 39.9 Å². The van der Waals surface area contributed by atoms with Gasteiger partial charge in [0, 0.05) is 38.3 Å². The average Bonchev–Trinajstić information content (AvgIpc) is 3.54. The van der Waals surface area contributed by atoms with Crippen molar-refractivity contribution in [3.05, 3.63) is 58.8 Å². The molecular weight excluding hydrogens is 519 g/mol. The van der Waals surface area contributed by atoms with Gasteiger partial charge in [-0.05, 0) is 57.7 Å². The Morgan fingerprint density at radius 2 is 1.93 bits per heavy atom. The SMILES string of the molecule is CN(C)C1CCNCC1.COc1ccc2c(c1F)C(=O)N(C)C2.O=C1NC(=O)C(c2cc3c(o2)CC=CC=N3)N1. The van der Waals surface area contributed by atoms with E-state index in [0.717, 1.165) is 11.6 Å². The fourth-order valence-electron chi connectivity index (χ4n) is 4.77. The molecule has 0 aliphatic carbocycles. The summed E-state index contributed by atoms with van der Waals surface area (Å²) in [7, 11) is 7.36. The van der Waals surface area contributed by atoms with Crippen LogP contribution >= 0.6 is 0 Å². The molecule has 4 amide bonds. The molecular formula is C28H35FN6O5. The standard InChI is InChI=1S/C11H9N3O3.C10H10FNO2.C7H16N2/c15-10-9(13-11(16)14-10)8-5-6-7(17-8)3-1-2-4-12-6;1-12-5-6-3-4-7(14-2)9(11)8(6)10(12)13;1-9(2)7-3-5-8-6-4-7/h1-2,4-5,9H,3H2,(H2,13,14,15,16);3-4H,5H2,1-2H3;7-8H,3-6H2,1-2H3. The smallest absolute Gasteiger partial charge is 0.322 e. The molecule has 4 aliphatic heterocycles. The van der Waals surface area contributed by atoms with Crippen molar-refractivity contribution in [1.82, 2.24) is 25.8 Å². The topological polar surface area (TPSA) is 129 Å². The lowest BCUT2D eigenvalue weighted by Gasteiger charge is -2.28. The predicted molar refractivity (Wildman–Crippen MR) is 147 cm³/mol. The Bertz CT molecular complexity index is 1310. The number of hydrogen-bond donors (Lipinski definition) is 3. The number of aliphatic imine (C=N–C) groups is 1. The third kappa shape index (κ3) is 6.57. The van der Waals surface area contributed by atoms with Gasteiger partial charge in [-0.15, -0.1) is 0 Å². The Balaban J connectivity index is 0.000000146. The highest BCUT2D eigenvalue weighted by Crippen LogP contribution is 2.31. The van der Waals surface area contributed by atoms with Crippen LogP contribution in [0.2, 0.25) is 0 Å². The Labute approximate surface area is 232 Å². The molecule has 40 heavy (non-hydrogen) atoms. The second-order valence-corrected chi connectivity index (χ2v) is 9.99. The van der Waals surface area contributed by atoms with Gasteiger partial charge in [-0.2, -0.15) is 0 Å². The van der Waals surface area contributed by atoms with Gasteiger partial charge in [0.1, 0.15) is 17.2 Å². The Morgan fingerprint density at radius 3 is 2.55 bits per heavy atom. The van der Waals surface area contributed by atoms with Crippen LogP contribution in [0.4, 0.5) is 14.9 Å². The number of allylic oxidation sites excluding steroid dienone is 2. The van der Waals surface area contributed by atoms with E-state index in [9.17, 15) is 18.8 Å². The second-order valence-electron chi connectivity index (χ2n) is 9.99. The third-order valence-electron chi connectivity index (χ3n) is 7.02. The van der Waals surface area contributed by atoms with Crippen LogP contribution in [0.15, 0.2) is 39.8 Å². The number of nitrogens with one attached hydrogen (secondary N) is 3. The van der Waals surface area contributed by atoms with E-state index in [4.69, 9.17) is 9.15 Å². The third-order valence-corrected chi connectivity index (χ3v) is 7.02. The number of ether oxygens (including phenoxy) is 1. The number of hydrogen-bond acceptors (Lipinski definition) is 8. The minimum atomic E-state index is -0.756. The maximum absolute atomic E-state index is 13.6. The van der Waals surface area contributed by atoms with Gasteiger partial charge in [-0.25, -0.2) is 9.18 Å². The fraction of sp³-hybridized carbons (Fsp3) is 0.429. The van der Waals surface area contributed by atoms with E-state index in [-0.39, 0.29) is 17.2 Å². The molecule has 2 saturated heterocycles. The number of urea groups is 1. The molecule has 0 saturated carbocycles. The van der Waals surface area contributed by atoms with Crippen molar-refractivity contribution in [2.75, 3.05) is 41.3 Å². The Hall–Kier alpha value is -4.03. The fourth-order valence-corrected chi connectivity index (χ4v) is 4.77. The van der Waals surface area contributed by atoms with Crippen LogP contribution in [-0.4, -0.2) is 81.2 Å². The molecule has 1 aromatic heterocycles. The summed E-state index contributed by atoms with van der Waals surface area (Å²) in [6.07, 6.45) is 8.66. The Morgan fingerprint density at radius 1 is 1.18 bits per heavy atom. The monoisotopic (exact) mass is 554 g/mol. The van der Waals surface area contributed by atoms with Crippen LogP contribution in [-0.2, 0) is 17.8 Å². The first-order valence-electron chi connectivity index (χ1n) is 13.1. The summed E-state index contributed by atoms with van der Waals surface area (Å²) in [5, 5.41) is 7.98. The highest BCUT2D eigenvalue weighted by Gasteiger charge is 2.34. The lowest BCUT2D eigenvalue weighted by molar-refractivity contribution is -0.120. The van der Waals surface area contributed by atoms with Crippen molar-refractivity contribution in [3.8, 4) is 5.75 Å². The zero-order valence-corrected chi connectivity index (χ0v) is 23.1. The maximum atomic E-state index is 13.6. The minimum absolute atomic E-state index is 0.118. The lowest BCUT2D eigenvalue weighted by atomic mass is 10.1. The molecule has 2 fully saturated rings. The van der Waals surface area contributed by atoms with E-state index in [1.54, 1.807) is 31.5 Å². The molecule has 0 spiro atoms. The number of carbonyl (C=O) groups is 3. The van der Waals surface area contributed by atoms with Crippen molar-refractivity contribution < 1.29 is 27.9 Å². The first-order chi connectivity index (χ1) is 19.2. The molecule has 2 aromatic rings. The number of rotatable bonds is 3. The van der Waals surface area contributed by atoms with Crippen molar-refractivity contribution >= 4 is 29.7 Å². The zero-order chi connectivity index (χ0) is 28.8. The van der Waals surface area contributed by atoms with E-state index in [1.165, 1.54) is 37.9 Å². The zero-order valence-electron chi connectivity index (χ0n) is 23.1. The van der Waals surface area contributed by atoms with Crippen LogP contribution in [0.5, 0.6) is 5.75 Å². The molecule has 12 heteroatoms. The number of nitrogens with zero attached hydrogens (tertiary/aromatic N) is 3. The summed E-state index contributed by atoms with van der Waals surface area (Å²) in [4.78, 5) is 42.0. The number of fused-ring (bicyclic) bond motifs is 2. The van der Waals surface area contributed by atoms with Gasteiger partial charge in [-0.1, -0.05) is 12.1 Å². The van der Waals surface area contributed by atoms with Gasteiger partial charge in [-0.3, -0.25) is 19.9 Å². The van der Waals surface area contributed by atoms with Gasteiger partial charge >= 0.3 is 6.03 Å². The molecule has 11 nitrogen and oxygen atoms in total. The van der Waals surface area contributed by atoms with Crippen LogP contribution in [0.3, 0.4) is 0 Å². The normalized spacial score (nSPS) is 19.6. The van der Waals surface area contributed by atoms with Crippen LogP contribution in [0.1, 0.15) is 46.3 Å². The number of methoxy groups -OCH3 is 1. The van der Waals surface area contributed by atoms with E-state index in [1.807, 2.05) is 12.2 Å². The van der Waals surface area contributed by atoms with Gasteiger partial charge < -0.3 is 29.6 Å². The first kappa shape index (κ1) is 29.0. The predicted octanol–water partition coefficient (Wildman–Crippen LogP) is 2.69. The maximum Gasteiger partial charge on any atom is 0.322 e. The number of benzene rings is 1. The molecule has 1 atom stereocenters. The molecule has 5 heterocycles. The molecule has 0 radical (unpaired) electrons. The Kier molecular flexibility index (Phi) is 9.33. The van der Waals surface area contributed by atoms with Gasteiger partial charge in [0.2, 0.25) is 0 Å². The van der Waals surface area contributed by atoms with Crippen LogP contribution in [0, 0.1) is 5.82 Å². The summed E-state index contributed by atoms with van der Waals surface area (Å²) in [5.74, 6) is -0.0219. The average molecular weight is 555 g/mol. The number of piperidine rings is 1. The van der Waals surface area contributed by atoms with Crippen molar-refractivity contribution in [2.45, 2.75) is 37.9 Å². The highest BCUT2D eigenvalue weighted by molar-refractivity contribution is 6.04. The van der Waals surface area contributed by atoms with E-state index in [0.29, 0.717) is 30.2 Å². The van der Waals surface area contributed by atoms with Gasteiger partial charge in [0.05, 0.1) is 12.7 Å². The summed E-state index contributed by atoms with van der Waals surface area (Å²) >= 11 is 0. The van der Waals surface area contributed by atoms with Gasteiger partial charge in [0.25, 0.3) is 11.8 Å². The number of halogens is 1. The van der Waals surface area contributed by atoms with Crippen molar-refractivity contribution in [3.63, 3.8) is 0 Å². The van der Waals surface area contributed by atoms with Gasteiger partial charge in [0.15, 0.2) is 17.6 Å². The summed E-state index contributed by atoms with van der Waals surface area (Å²) in [6, 6.07) is 4.50. The molecule has 4 aliphatic rings. The van der Waals surface area contributed by atoms with E-state index >= 15 is 0 Å². The summed E-state index contributed by atoms with van der Waals surface area (Å²) in [5.41, 5.74) is 1.56. The van der Waals surface area contributed by atoms with Crippen molar-refractivity contribution in [2.24, 2.45) is 4.99 Å². The minimum Gasteiger partial charge on any atom is -0.494 e. The molecule has 1 aromatic carbocycles. The largest absolute Gasteiger partial charge is 0.494 e. The quantitative estimate of drug-likeness (QED) is 0.498. The summed E-state index contributed by atoms with van der Waals surface area (Å²) in [6.45, 7) is 2.86. The molecule has 3 N–H and O–H groups in total.